The molecule has 1 fully saturated rings. The number of hydrogen-bond donors (Lipinski definition) is 1. The number of likely N-dealkylation sites (N-methyl/N-ethyl adjacent to an activating group) is 1. The molecular weight excluding hydrogens is 325 g/mol. The van der Waals surface area contributed by atoms with Gasteiger partial charge >= 0.3 is 0 Å². The molecule has 1 atom stereocenters. The fourth-order valence-corrected chi connectivity index (χ4v) is 3.17. The fourth-order valence-electron chi connectivity index (χ4n) is 3.17. The summed E-state index contributed by atoms with van der Waals surface area (Å²) in [5.74, 6) is -0.871. The molecule has 1 aromatic carbocycles. The monoisotopic (exact) mass is 347 g/mol. The first-order valence-electron chi connectivity index (χ1n) is 8.35. The van der Waals surface area contributed by atoms with Gasteiger partial charge in [0.25, 0.3) is 5.91 Å². The minimum Gasteiger partial charge on any atom is -0.379 e. The third kappa shape index (κ3) is 3.72. The molecular formula is C18H22FN3O3. The number of ether oxygens (including phenoxy) is 1. The van der Waals surface area contributed by atoms with Gasteiger partial charge in [-0.15, -0.1) is 0 Å². The van der Waals surface area contributed by atoms with Crippen LogP contribution in [0.3, 0.4) is 0 Å². The summed E-state index contributed by atoms with van der Waals surface area (Å²) in [4.78, 5) is 31.9. The standard InChI is InChI=1S/C18H22FN3O3/c1-12(22-5-7-25-8-6-22)11-21(2)18(24)15-10-20-16-4-3-13(19)9-14(16)17(15)23/h3-4,9-10,12H,5-8,11H2,1-2H3,(H,20,23)/t12-/m1/s1. The summed E-state index contributed by atoms with van der Waals surface area (Å²) in [7, 11) is 1.68. The Morgan fingerprint density at radius 2 is 2.12 bits per heavy atom. The van der Waals surface area contributed by atoms with Crippen LogP contribution in [-0.4, -0.2) is 66.6 Å². The second-order valence-corrected chi connectivity index (χ2v) is 6.40. The molecule has 1 saturated heterocycles. The Bertz CT molecular complexity index is 830. The molecule has 1 aromatic heterocycles. The zero-order chi connectivity index (χ0) is 18.0. The van der Waals surface area contributed by atoms with Crippen LogP contribution in [0.5, 0.6) is 0 Å². The first-order valence-corrected chi connectivity index (χ1v) is 8.35. The number of hydrogen-bond acceptors (Lipinski definition) is 4. The van der Waals surface area contributed by atoms with E-state index in [0.29, 0.717) is 25.3 Å². The molecule has 1 aliphatic heterocycles. The van der Waals surface area contributed by atoms with E-state index in [4.69, 9.17) is 4.74 Å². The van der Waals surface area contributed by atoms with Gasteiger partial charge in [0.2, 0.25) is 5.43 Å². The molecule has 0 bridgehead atoms. The summed E-state index contributed by atoms with van der Waals surface area (Å²) >= 11 is 0. The first-order chi connectivity index (χ1) is 12.0. The van der Waals surface area contributed by atoms with Crippen LogP contribution in [0, 0.1) is 5.82 Å². The lowest BCUT2D eigenvalue weighted by Crippen LogP contribution is -2.48. The summed E-state index contributed by atoms with van der Waals surface area (Å²) < 4.78 is 18.8. The first kappa shape index (κ1) is 17.6. The van der Waals surface area contributed by atoms with Crippen molar-refractivity contribution in [3.8, 4) is 0 Å². The van der Waals surface area contributed by atoms with Crippen molar-refractivity contribution in [1.82, 2.24) is 14.8 Å². The number of pyridine rings is 1. The lowest BCUT2D eigenvalue weighted by Gasteiger charge is -2.34. The molecule has 0 radical (unpaired) electrons. The Kier molecular flexibility index (Phi) is 5.15. The van der Waals surface area contributed by atoms with E-state index in [2.05, 4.69) is 16.8 Å². The highest BCUT2D eigenvalue weighted by Crippen LogP contribution is 2.12. The lowest BCUT2D eigenvalue weighted by atomic mass is 10.1. The Morgan fingerprint density at radius 1 is 1.40 bits per heavy atom. The minimum absolute atomic E-state index is 0.0229. The quantitative estimate of drug-likeness (QED) is 0.909. The Hall–Kier alpha value is -2.25. The summed E-state index contributed by atoms with van der Waals surface area (Å²) in [6.07, 6.45) is 1.40. The van der Waals surface area contributed by atoms with Crippen LogP contribution >= 0.6 is 0 Å². The third-order valence-corrected chi connectivity index (χ3v) is 4.63. The van der Waals surface area contributed by atoms with Crippen LogP contribution in [0.1, 0.15) is 17.3 Å². The maximum Gasteiger partial charge on any atom is 0.259 e. The molecule has 0 saturated carbocycles. The van der Waals surface area contributed by atoms with Crippen LogP contribution in [0.15, 0.2) is 29.2 Å². The zero-order valence-electron chi connectivity index (χ0n) is 14.4. The highest BCUT2D eigenvalue weighted by Gasteiger charge is 2.22. The van der Waals surface area contributed by atoms with E-state index in [1.54, 1.807) is 7.05 Å². The number of rotatable bonds is 4. The van der Waals surface area contributed by atoms with Crippen molar-refractivity contribution in [2.75, 3.05) is 39.9 Å². The second kappa shape index (κ2) is 7.33. The van der Waals surface area contributed by atoms with Crippen LogP contribution in [-0.2, 0) is 4.74 Å². The number of H-pyrrole nitrogens is 1. The Labute approximate surface area is 145 Å². The van der Waals surface area contributed by atoms with Gasteiger partial charge < -0.3 is 14.6 Å². The van der Waals surface area contributed by atoms with Gasteiger partial charge in [0.1, 0.15) is 11.4 Å². The summed E-state index contributed by atoms with van der Waals surface area (Å²) in [5, 5.41) is 0.181. The van der Waals surface area contributed by atoms with E-state index in [0.717, 1.165) is 19.2 Å². The molecule has 2 heterocycles. The smallest absolute Gasteiger partial charge is 0.259 e. The summed E-state index contributed by atoms with van der Waals surface area (Å²) in [6, 6.07) is 4.08. The number of benzene rings is 1. The predicted molar refractivity (Wildman–Crippen MR) is 93.3 cm³/mol. The van der Waals surface area contributed by atoms with Crippen molar-refractivity contribution in [3.05, 3.63) is 46.0 Å². The topological polar surface area (TPSA) is 65.6 Å². The fraction of sp³-hybridized carbons (Fsp3) is 0.444. The van der Waals surface area contributed by atoms with E-state index in [1.807, 2.05) is 0 Å². The highest BCUT2D eigenvalue weighted by molar-refractivity contribution is 5.97. The molecule has 7 heteroatoms. The average molecular weight is 347 g/mol. The van der Waals surface area contributed by atoms with Crippen LogP contribution in [0.4, 0.5) is 4.39 Å². The number of nitrogens with zero attached hydrogens (tertiary/aromatic N) is 2. The molecule has 2 aromatic rings. The second-order valence-electron chi connectivity index (χ2n) is 6.40. The SMILES string of the molecule is C[C@H](CN(C)C(=O)c1c[nH]c2ccc(F)cc2c1=O)N1CCOCC1. The van der Waals surface area contributed by atoms with Crippen LogP contribution < -0.4 is 5.43 Å². The molecule has 134 valence electrons. The number of fused-ring (bicyclic) bond motifs is 1. The normalized spacial score (nSPS) is 16.8. The number of aromatic amines is 1. The molecule has 0 spiro atoms. The van der Waals surface area contributed by atoms with Crippen molar-refractivity contribution in [2.24, 2.45) is 0 Å². The number of nitrogens with one attached hydrogen (secondary N) is 1. The van der Waals surface area contributed by atoms with Gasteiger partial charge in [-0.2, -0.15) is 0 Å². The van der Waals surface area contributed by atoms with Crippen molar-refractivity contribution >= 4 is 16.8 Å². The predicted octanol–water partition coefficient (Wildman–Crippen LogP) is 1.46. The molecule has 0 unspecified atom stereocenters. The van der Waals surface area contributed by atoms with Crippen LogP contribution in [0.2, 0.25) is 0 Å². The van der Waals surface area contributed by atoms with E-state index in [-0.39, 0.29) is 22.9 Å². The average Bonchev–Trinajstić information content (AvgIpc) is 2.62. The molecule has 6 nitrogen and oxygen atoms in total. The maximum absolute atomic E-state index is 13.4. The number of aromatic nitrogens is 1. The van der Waals surface area contributed by atoms with Gasteiger partial charge in [0.15, 0.2) is 0 Å². The molecule has 1 N–H and O–H groups in total. The third-order valence-electron chi connectivity index (χ3n) is 4.63. The Morgan fingerprint density at radius 3 is 2.84 bits per heavy atom. The molecule has 3 rings (SSSR count). The maximum atomic E-state index is 13.4. The summed E-state index contributed by atoms with van der Waals surface area (Å²) in [5.41, 5.74) is 0.0752. The summed E-state index contributed by atoms with van der Waals surface area (Å²) in [6.45, 7) is 5.60. The number of halogens is 1. The van der Waals surface area contributed by atoms with Crippen molar-refractivity contribution in [3.63, 3.8) is 0 Å². The van der Waals surface area contributed by atoms with Crippen molar-refractivity contribution in [2.45, 2.75) is 13.0 Å². The number of carbonyl (C=O) groups is 1. The van der Waals surface area contributed by atoms with Crippen molar-refractivity contribution < 1.29 is 13.9 Å². The lowest BCUT2D eigenvalue weighted by molar-refractivity contribution is 0.0142. The number of morpholine rings is 1. The number of carbonyl (C=O) groups excluding carboxylic acids is 1. The van der Waals surface area contributed by atoms with E-state index in [1.165, 1.54) is 23.2 Å². The van der Waals surface area contributed by atoms with Gasteiger partial charge in [0, 0.05) is 49.8 Å². The van der Waals surface area contributed by atoms with E-state index in [9.17, 15) is 14.0 Å². The van der Waals surface area contributed by atoms with E-state index < -0.39 is 11.2 Å². The molecule has 0 aliphatic carbocycles. The largest absolute Gasteiger partial charge is 0.379 e. The van der Waals surface area contributed by atoms with Gasteiger partial charge in [0.05, 0.1) is 13.2 Å². The minimum atomic E-state index is -0.503. The highest BCUT2D eigenvalue weighted by atomic mass is 19.1. The Balaban J connectivity index is 1.78. The van der Waals surface area contributed by atoms with E-state index >= 15 is 0 Å². The van der Waals surface area contributed by atoms with Gasteiger partial charge in [-0.3, -0.25) is 14.5 Å². The van der Waals surface area contributed by atoms with Crippen LogP contribution in [0.25, 0.3) is 10.9 Å². The van der Waals surface area contributed by atoms with Gasteiger partial charge in [-0.05, 0) is 25.1 Å². The molecule has 1 aliphatic rings. The zero-order valence-corrected chi connectivity index (χ0v) is 14.4. The molecule has 25 heavy (non-hydrogen) atoms. The van der Waals surface area contributed by atoms with Gasteiger partial charge in [-0.25, -0.2) is 4.39 Å². The number of amides is 1. The van der Waals surface area contributed by atoms with Gasteiger partial charge in [-0.1, -0.05) is 0 Å². The van der Waals surface area contributed by atoms with Crippen molar-refractivity contribution in [1.29, 1.82) is 0 Å². The molecule has 1 amide bonds.